The number of carboxylic acids is 1. The topological polar surface area (TPSA) is 70.5 Å². The molecule has 16 heavy (non-hydrogen) atoms. The molecule has 5 heteroatoms. The molecule has 5 nitrogen and oxygen atoms in total. The molecule has 0 saturated carbocycles. The van der Waals surface area contributed by atoms with E-state index in [4.69, 9.17) is 5.11 Å². The highest BCUT2D eigenvalue weighted by Crippen LogP contribution is 2.05. The number of rotatable bonds is 4. The maximum Gasteiger partial charge on any atom is 0.323 e. The first-order valence-corrected chi connectivity index (χ1v) is 4.97. The molecule has 0 aromatic carbocycles. The number of pyridine rings is 1. The van der Waals surface area contributed by atoms with Crippen LogP contribution in [0.5, 0.6) is 0 Å². The van der Waals surface area contributed by atoms with Crippen LogP contribution in [0.4, 0.5) is 0 Å². The van der Waals surface area contributed by atoms with E-state index < -0.39 is 5.97 Å². The van der Waals surface area contributed by atoms with Crippen LogP contribution in [0.1, 0.15) is 22.8 Å². The van der Waals surface area contributed by atoms with Crippen molar-refractivity contribution in [2.45, 2.75) is 13.8 Å². The summed E-state index contributed by atoms with van der Waals surface area (Å²) in [6.45, 7) is 3.64. The Morgan fingerprint density at radius 3 is 2.62 bits per heavy atom. The number of likely N-dealkylation sites (N-methyl/N-ethyl adjacent to an activating group) is 1. The standard InChI is InChI=1S/C11H14N2O3/c1-3-13(7-10(14)15)11(16)9-4-8(2)5-12-6-9/h4-6H,3,7H2,1-2H3,(H,14,15). The SMILES string of the molecule is CCN(CC(=O)O)C(=O)c1cncc(C)c1. The minimum atomic E-state index is -1.02. The van der Waals surface area contributed by atoms with Gasteiger partial charge in [-0.2, -0.15) is 0 Å². The Bertz CT molecular complexity index is 404. The highest BCUT2D eigenvalue weighted by Gasteiger charge is 2.16. The van der Waals surface area contributed by atoms with Crippen LogP contribution in [0.2, 0.25) is 0 Å². The smallest absolute Gasteiger partial charge is 0.323 e. The maximum atomic E-state index is 11.9. The van der Waals surface area contributed by atoms with E-state index in [9.17, 15) is 9.59 Å². The summed E-state index contributed by atoms with van der Waals surface area (Å²) in [4.78, 5) is 27.6. The van der Waals surface area contributed by atoms with Crippen molar-refractivity contribution in [3.63, 3.8) is 0 Å². The summed E-state index contributed by atoms with van der Waals surface area (Å²) in [6, 6.07) is 1.69. The van der Waals surface area contributed by atoms with E-state index in [1.807, 2.05) is 6.92 Å². The van der Waals surface area contributed by atoms with Crippen molar-refractivity contribution in [1.82, 2.24) is 9.88 Å². The first kappa shape index (κ1) is 12.2. The van der Waals surface area contributed by atoms with Gasteiger partial charge >= 0.3 is 5.97 Å². The molecule has 0 aliphatic heterocycles. The van der Waals surface area contributed by atoms with Gasteiger partial charge in [-0.3, -0.25) is 14.6 Å². The van der Waals surface area contributed by atoms with Crippen LogP contribution in [0.25, 0.3) is 0 Å². The van der Waals surface area contributed by atoms with Gasteiger partial charge in [0.05, 0.1) is 5.56 Å². The summed E-state index contributed by atoms with van der Waals surface area (Å²) in [5, 5.41) is 8.66. The lowest BCUT2D eigenvalue weighted by molar-refractivity contribution is -0.137. The molecule has 0 aliphatic carbocycles. The molecule has 0 saturated heterocycles. The third kappa shape index (κ3) is 3.05. The second-order valence-corrected chi connectivity index (χ2v) is 3.46. The predicted molar refractivity (Wildman–Crippen MR) is 58.2 cm³/mol. The Morgan fingerprint density at radius 1 is 1.44 bits per heavy atom. The number of amides is 1. The van der Waals surface area contributed by atoms with Gasteiger partial charge in [0.2, 0.25) is 0 Å². The number of aromatic nitrogens is 1. The minimum Gasteiger partial charge on any atom is -0.480 e. The summed E-state index contributed by atoms with van der Waals surface area (Å²) < 4.78 is 0. The number of hydrogen-bond acceptors (Lipinski definition) is 3. The molecule has 1 aromatic heterocycles. The van der Waals surface area contributed by atoms with Crippen molar-refractivity contribution in [2.24, 2.45) is 0 Å². The third-order valence-corrected chi connectivity index (χ3v) is 2.12. The van der Waals surface area contributed by atoms with Crippen LogP contribution >= 0.6 is 0 Å². The van der Waals surface area contributed by atoms with Crippen LogP contribution in [-0.2, 0) is 4.79 Å². The Labute approximate surface area is 93.7 Å². The van der Waals surface area contributed by atoms with E-state index >= 15 is 0 Å². The number of hydrogen-bond donors (Lipinski definition) is 1. The first-order chi connectivity index (χ1) is 7.54. The van der Waals surface area contributed by atoms with Gasteiger partial charge in [0.25, 0.3) is 5.91 Å². The average molecular weight is 222 g/mol. The number of carbonyl (C=O) groups excluding carboxylic acids is 1. The summed E-state index contributed by atoms with van der Waals surface area (Å²) >= 11 is 0. The van der Waals surface area contributed by atoms with Crippen molar-refractivity contribution in [1.29, 1.82) is 0 Å². The number of aliphatic carboxylic acids is 1. The monoisotopic (exact) mass is 222 g/mol. The second-order valence-electron chi connectivity index (χ2n) is 3.46. The normalized spacial score (nSPS) is 9.88. The molecule has 0 atom stereocenters. The Morgan fingerprint density at radius 2 is 2.12 bits per heavy atom. The number of nitrogens with zero attached hydrogens (tertiary/aromatic N) is 2. The predicted octanol–water partition coefficient (Wildman–Crippen LogP) is 0.937. The van der Waals surface area contributed by atoms with Crippen molar-refractivity contribution < 1.29 is 14.7 Å². The third-order valence-electron chi connectivity index (χ3n) is 2.12. The number of aryl methyl sites for hydroxylation is 1. The number of carboxylic acid groups (broad SMARTS) is 1. The van der Waals surface area contributed by atoms with Crippen LogP contribution < -0.4 is 0 Å². The summed E-state index contributed by atoms with van der Waals surface area (Å²) in [5.41, 5.74) is 1.29. The molecule has 0 unspecified atom stereocenters. The zero-order chi connectivity index (χ0) is 12.1. The summed E-state index contributed by atoms with van der Waals surface area (Å²) in [7, 11) is 0. The highest BCUT2D eigenvalue weighted by atomic mass is 16.4. The molecule has 0 aliphatic rings. The zero-order valence-corrected chi connectivity index (χ0v) is 9.30. The largest absolute Gasteiger partial charge is 0.480 e. The molecular formula is C11H14N2O3. The molecule has 1 rings (SSSR count). The fourth-order valence-electron chi connectivity index (χ4n) is 1.34. The molecular weight excluding hydrogens is 208 g/mol. The van der Waals surface area contributed by atoms with E-state index in [-0.39, 0.29) is 12.5 Å². The van der Waals surface area contributed by atoms with E-state index in [1.165, 1.54) is 11.1 Å². The van der Waals surface area contributed by atoms with E-state index in [0.29, 0.717) is 12.1 Å². The van der Waals surface area contributed by atoms with E-state index in [2.05, 4.69) is 4.98 Å². The first-order valence-electron chi connectivity index (χ1n) is 4.97. The molecule has 0 fully saturated rings. The minimum absolute atomic E-state index is 0.288. The maximum absolute atomic E-state index is 11.9. The zero-order valence-electron chi connectivity index (χ0n) is 9.30. The molecule has 1 aromatic rings. The van der Waals surface area contributed by atoms with Crippen molar-refractivity contribution in [3.8, 4) is 0 Å². The molecule has 0 bridgehead atoms. The molecule has 1 N–H and O–H groups in total. The van der Waals surface area contributed by atoms with Crippen LogP contribution in [0.15, 0.2) is 18.5 Å². The fourth-order valence-corrected chi connectivity index (χ4v) is 1.34. The lowest BCUT2D eigenvalue weighted by Crippen LogP contribution is -2.35. The van der Waals surface area contributed by atoms with Gasteiger partial charge in [-0.1, -0.05) is 0 Å². The van der Waals surface area contributed by atoms with E-state index in [1.54, 1.807) is 19.2 Å². The quantitative estimate of drug-likeness (QED) is 0.822. The number of carbonyl (C=O) groups is 2. The van der Waals surface area contributed by atoms with Gasteiger partial charge in [-0.05, 0) is 25.5 Å². The summed E-state index contributed by atoms with van der Waals surface area (Å²) in [6.07, 6.45) is 3.09. The second kappa shape index (κ2) is 5.25. The van der Waals surface area contributed by atoms with Crippen molar-refractivity contribution in [3.05, 3.63) is 29.6 Å². The highest BCUT2D eigenvalue weighted by molar-refractivity contribution is 5.95. The Hall–Kier alpha value is -1.91. The van der Waals surface area contributed by atoms with Gasteiger partial charge in [0.1, 0.15) is 6.54 Å². The molecule has 86 valence electrons. The van der Waals surface area contributed by atoms with Crippen molar-refractivity contribution >= 4 is 11.9 Å². The lowest BCUT2D eigenvalue weighted by Gasteiger charge is -2.18. The molecule has 0 radical (unpaired) electrons. The van der Waals surface area contributed by atoms with Gasteiger partial charge in [-0.15, -0.1) is 0 Å². The van der Waals surface area contributed by atoms with Gasteiger partial charge in [0.15, 0.2) is 0 Å². The van der Waals surface area contributed by atoms with Crippen molar-refractivity contribution in [2.75, 3.05) is 13.1 Å². The summed E-state index contributed by atoms with van der Waals surface area (Å²) in [5.74, 6) is -1.32. The molecule has 0 spiro atoms. The van der Waals surface area contributed by atoms with Crippen LogP contribution in [0.3, 0.4) is 0 Å². The molecule has 1 heterocycles. The lowest BCUT2D eigenvalue weighted by atomic mass is 10.2. The van der Waals surface area contributed by atoms with Gasteiger partial charge in [-0.25, -0.2) is 0 Å². The van der Waals surface area contributed by atoms with Gasteiger partial charge in [0, 0.05) is 18.9 Å². The fraction of sp³-hybridized carbons (Fsp3) is 0.364. The van der Waals surface area contributed by atoms with Crippen LogP contribution in [0, 0.1) is 6.92 Å². The Balaban J connectivity index is 2.86. The average Bonchev–Trinajstić information content (AvgIpc) is 2.24. The Kier molecular flexibility index (Phi) is 3.99. The van der Waals surface area contributed by atoms with Gasteiger partial charge < -0.3 is 10.0 Å². The van der Waals surface area contributed by atoms with Crippen LogP contribution in [-0.4, -0.2) is 40.0 Å². The molecule has 1 amide bonds. The van der Waals surface area contributed by atoms with E-state index in [0.717, 1.165) is 5.56 Å².